The second-order valence-electron chi connectivity index (χ2n) is 7.22. The Morgan fingerprint density at radius 1 is 1.06 bits per heavy atom. The number of aromatic nitrogens is 1. The highest BCUT2D eigenvalue weighted by atomic mass is 32.2. The minimum absolute atomic E-state index is 0.116. The number of amides is 1. The normalized spacial score (nSPS) is 17.9. The predicted molar refractivity (Wildman–Crippen MR) is 120 cm³/mol. The summed E-state index contributed by atoms with van der Waals surface area (Å²) in [4.78, 5) is 31.2. The van der Waals surface area contributed by atoms with Crippen LogP contribution in [0.3, 0.4) is 0 Å². The molecule has 3 aromatic rings. The van der Waals surface area contributed by atoms with E-state index in [4.69, 9.17) is 9.88 Å². The van der Waals surface area contributed by atoms with Crippen LogP contribution < -0.4 is 14.8 Å². The van der Waals surface area contributed by atoms with E-state index in [0.29, 0.717) is 16.9 Å². The van der Waals surface area contributed by atoms with Gasteiger partial charge in [-0.15, -0.1) is 0 Å². The first-order valence-electron chi connectivity index (χ1n) is 9.70. The molecule has 1 aromatic heterocycles. The number of hydrogen-bond donors (Lipinski definition) is 2. The zero-order valence-corrected chi connectivity index (χ0v) is 18.2. The molecule has 0 aliphatic carbocycles. The van der Waals surface area contributed by atoms with Crippen LogP contribution in [-0.2, 0) is 19.6 Å². The number of carbonyl (C=O) groups excluding carboxylic acids is 2. The van der Waals surface area contributed by atoms with Gasteiger partial charge in [0.15, 0.2) is 0 Å². The molecule has 2 heterocycles. The lowest BCUT2D eigenvalue weighted by atomic mass is 9.95. The summed E-state index contributed by atoms with van der Waals surface area (Å²) in [5, 5.41) is 16.2. The van der Waals surface area contributed by atoms with Gasteiger partial charge in [-0.3, -0.25) is 19.5 Å². The summed E-state index contributed by atoms with van der Waals surface area (Å²) in [6, 6.07) is 14.0. The lowest BCUT2D eigenvalue weighted by Gasteiger charge is -2.25. The molecule has 3 N–H and O–H groups in total. The van der Waals surface area contributed by atoms with Gasteiger partial charge in [0.05, 0.1) is 23.6 Å². The van der Waals surface area contributed by atoms with Crippen LogP contribution in [-0.4, -0.2) is 37.3 Å². The molecular weight excluding hydrogens is 446 g/mol. The van der Waals surface area contributed by atoms with E-state index < -0.39 is 27.8 Å². The number of sulfonamides is 1. The van der Waals surface area contributed by atoms with E-state index in [2.05, 4.69) is 4.98 Å². The molecular formula is C23H19N3O6S. The molecule has 0 spiro atoms. The van der Waals surface area contributed by atoms with Gasteiger partial charge in [-0.05, 0) is 54.1 Å². The van der Waals surface area contributed by atoms with Crippen molar-refractivity contribution in [1.29, 1.82) is 0 Å². The first-order valence-corrected chi connectivity index (χ1v) is 11.2. The van der Waals surface area contributed by atoms with Crippen molar-refractivity contribution in [3.8, 4) is 5.75 Å². The quantitative estimate of drug-likeness (QED) is 0.335. The van der Waals surface area contributed by atoms with Crippen molar-refractivity contribution < 1.29 is 27.9 Å². The average molecular weight is 465 g/mol. The Labute approximate surface area is 189 Å². The van der Waals surface area contributed by atoms with Gasteiger partial charge >= 0.3 is 0 Å². The van der Waals surface area contributed by atoms with Crippen molar-refractivity contribution in [2.24, 2.45) is 5.14 Å². The standard InChI is InChI=1S/C23H19N3O6S/c1-32-17-4-2-3-15(13-17)21(27)19-20(14-9-11-25-12-10-14)26(23(29)22(19)28)16-5-7-18(8-6-16)33(24,30)31/h2-13,20,27H,1H3,(H2,24,30,31)/b21-19+. The zero-order chi connectivity index (χ0) is 23.8. The molecule has 1 atom stereocenters. The largest absolute Gasteiger partial charge is 0.507 e. The number of ketones is 1. The van der Waals surface area contributed by atoms with Crippen LogP contribution in [0.2, 0.25) is 0 Å². The fraction of sp³-hybridized carbons (Fsp3) is 0.0870. The smallest absolute Gasteiger partial charge is 0.300 e. The van der Waals surface area contributed by atoms with Crippen molar-refractivity contribution in [2.45, 2.75) is 10.9 Å². The number of aliphatic hydroxyl groups excluding tert-OH is 1. The lowest BCUT2D eigenvalue weighted by molar-refractivity contribution is -0.132. The highest BCUT2D eigenvalue weighted by Gasteiger charge is 2.47. The van der Waals surface area contributed by atoms with E-state index >= 15 is 0 Å². The maximum atomic E-state index is 13.1. The number of rotatable bonds is 5. The highest BCUT2D eigenvalue weighted by molar-refractivity contribution is 7.89. The second kappa shape index (κ2) is 8.49. The van der Waals surface area contributed by atoms with Gasteiger partial charge in [0.1, 0.15) is 11.5 Å². The van der Waals surface area contributed by atoms with Gasteiger partial charge in [-0.2, -0.15) is 0 Å². The van der Waals surface area contributed by atoms with Gasteiger partial charge in [-0.1, -0.05) is 12.1 Å². The number of primary sulfonamides is 1. The molecule has 4 rings (SSSR count). The van der Waals surface area contributed by atoms with Crippen LogP contribution >= 0.6 is 0 Å². The van der Waals surface area contributed by atoms with Gasteiger partial charge < -0.3 is 9.84 Å². The molecule has 0 bridgehead atoms. The fourth-order valence-corrected chi connectivity index (χ4v) is 4.20. The Bertz CT molecular complexity index is 1370. The number of nitrogens with two attached hydrogens (primary N) is 1. The predicted octanol–water partition coefficient (Wildman–Crippen LogP) is 2.36. The summed E-state index contributed by atoms with van der Waals surface area (Å²) in [5.41, 5.74) is 0.978. The summed E-state index contributed by atoms with van der Waals surface area (Å²) in [5.74, 6) is -1.65. The third-order valence-electron chi connectivity index (χ3n) is 5.25. The zero-order valence-electron chi connectivity index (χ0n) is 17.4. The number of pyridine rings is 1. The van der Waals surface area contributed by atoms with Crippen molar-refractivity contribution in [3.05, 3.63) is 89.8 Å². The van der Waals surface area contributed by atoms with Gasteiger partial charge in [-0.25, -0.2) is 13.6 Å². The minimum atomic E-state index is -3.94. The van der Waals surface area contributed by atoms with Crippen LogP contribution in [0.4, 0.5) is 5.69 Å². The minimum Gasteiger partial charge on any atom is -0.507 e. The van der Waals surface area contributed by atoms with Crippen LogP contribution in [0.15, 0.2) is 83.5 Å². The van der Waals surface area contributed by atoms with Gasteiger partial charge in [0.2, 0.25) is 10.0 Å². The van der Waals surface area contributed by atoms with Crippen molar-refractivity contribution in [2.75, 3.05) is 12.0 Å². The number of hydrogen-bond acceptors (Lipinski definition) is 7. The molecule has 1 saturated heterocycles. The monoisotopic (exact) mass is 465 g/mol. The van der Waals surface area contributed by atoms with Crippen molar-refractivity contribution >= 4 is 33.2 Å². The molecule has 2 aromatic carbocycles. The first-order chi connectivity index (χ1) is 15.7. The van der Waals surface area contributed by atoms with Gasteiger partial charge in [0.25, 0.3) is 11.7 Å². The van der Waals surface area contributed by atoms with Crippen LogP contribution in [0.25, 0.3) is 5.76 Å². The number of carbonyl (C=O) groups is 2. The Kier molecular flexibility index (Phi) is 5.71. The van der Waals surface area contributed by atoms with Crippen LogP contribution in [0.1, 0.15) is 17.2 Å². The maximum absolute atomic E-state index is 13.1. The van der Waals surface area contributed by atoms with E-state index in [1.807, 2.05) is 0 Å². The molecule has 9 nitrogen and oxygen atoms in total. The number of nitrogens with zero attached hydrogens (tertiary/aromatic N) is 2. The fourth-order valence-electron chi connectivity index (χ4n) is 3.68. The third-order valence-corrected chi connectivity index (χ3v) is 6.18. The van der Waals surface area contributed by atoms with E-state index in [1.165, 1.54) is 48.7 Å². The number of anilines is 1. The summed E-state index contributed by atoms with van der Waals surface area (Å²) in [7, 11) is -2.47. The Morgan fingerprint density at radius 2 is 1.73 bits per heavy atom. The molecule has 0 saturated carbocycles. The van der Waals surface area contributed by atoms with Gasteiger partial charge in [0, 0.05) is 23.6 Å². The van der Waals surface area contributed by atoms with E-state index in [9.17, 15) is 23.1 Å². The first kappa shape index (κ1) is 22.2. The summed E-state index contributed by atoms with van der Waals surface area (Å²) in [6.45, 7) is 0. The van der Waals surface area contributed by atoms with Crippen molar-refractivity contribution in [1.82, 2.24) is 4.98 Å². The molecule has 1 aliphatic heterocycles. The molecule has 168 valence electrons. The topological polar surface area (TPSA) is 140 Å². The van der Waals surface area contributed by atoms with Crippen LogP contribution in [0.5, 0.6) is 5.75 Å². The molecule has 0 radical (unpaired) electrons. The Balaban J connectivity index is 1.91. The summed E-state index contributed by atoms with van der Waals surface area (Å²) >= 11 is 0. The Morgan fingerprint density at radius 3 is 2.33 bits per heavy atom. The maximum Gasteiger partial charge on any atom is 0.300 e. The second-order valence-corrected chi connectivity index (χ2v) is 8.78. The molecule has 1 unspecified atom stereocenters. The molecule has 1 amide bonds. The Hall–Kier alpha value is -4.02. The van der Waals surface area contributed by atoms with Crippen molar-refractivity contribution in [3.63, 3.8) is 0 Å². The third kappa shape index (κ3) is 4.09. The summed E-state index contributed by atoms with van der Waals surface area (Å²) in [6.07, 6.45) is 3.01. The van der Waals surface area contributed by atoms with E-state index in [1.54, 1.807) is 36.4 Å². The molecule has 10 heteroatoms. The number of ether oxygens (including phenoxy) is 1. The lowest BCUT2D eigenvalue weighted by Crippen LogP contribution is -2.29. The van der Waals surface area contributed by atoms with Crippen LogP contribution in [0, 0.1) is 0 Å². The highest BCUT2D eigenvalue weighted by Crippen LogP contribution is 2.42. The average Bonchev–Trinajstić information content (AvgIpc) is 3.09. The number of aliphatic hydroxyl groups is 1. The molecule has 33 heavy (non-hydrogen) atoms. The number of methoxy groups -OCH3 is 1. The summed E-state index contributed by atoms with van der Waals surface area (Å²) < 4.78 is 28.4. The number of benzene rings is 2. The van der Waals surface area contributed by atoms with E-state index in [0.717, 1.165) is 0 Å². The number of Topliss-reactive ketones (excluding diaryl/α,β-unsaturated/α-hetero) is 1. The molecule has 1 aliphatic rings. The SMILES string of the molecule is COc1cccc(/C(O)=C2\C(=O)C(=O)N(c3ccc(S(N)(=O)=O)cc3)C2c2ccncc2)c1. The van der Waals surface area contributed by atoms with E-state index in [-0.39, 0.29) is 21.9 Å². The molecule has 1 fully saturated rings.